The first-order valence-electron chi connectivity index (χ1n) is 6.17. The highest BCUT2D eigenvalue weighted by molar-refractivity contribution is 7.97. The van der Waals surface area contributed by atoms with Crippen molar-refractivity contribution in [3.63, 3.8) is 0 Å². The molecule has 0 saturated heterocycles. The van der Waals surface area contributed by atoms with Gasteiger partial charge in [-0.15, -0.1) is 0 Å². The van der Waals surface area contributed by atoms with E-state index in [1.54, 1.807) is 18.2 Å². The molecule has 0 bridgehead atoms. The zero-order valence-corrected chi connectivity index (χ0v) is 11.4. The van der Waals surface area contributed by atoms with Gasteiger partial charge in [-0.05, 0) is 36.6 Å². The second kappa shape index (κ2) is 8.00. The predicted octanol–water partition coefficient (Wildman–Crippen LogP) is 3.34. The maximum absolute atomic E-state index is 10.8. The summed E-state index contributed by atoms with van der Waals surface area (Å²) in [5.41, 5.74) is 1.17. The Morgan fingerprint density at radius 3 is 2.78 bits per heavy atom. The Morgan fingerprint density at radius 1 is 1.39 bits per heavy atom. The molecule has 0 radical (unpaired) electrons. The number of benzene rings is 1. The Bertz CT molecular complexity index is 397. The molecule has 4 nitrogen and oxygen atoms in total. The molecule has 0 saturated carbocycles. The number of aromatic carboxylic acids is 1. The normalized spacial score (nSPS) is 10.3. The van der Waals surface area contributed by atoms with Crippen LogP contribution in [0.25, 0.3) is 0 Å². The highest BCUT2D eigenvalue weighted by Gasteiger charge is 2.07. The molecule has 4 N–H and O–H groups in total. The first-order chi connectivity index (χ1) is 8.69. The Kier molecular flexibility index (Phi) is 6.60. The highest BCUT2D eigenvalue weighted by atomic mass is 32.2. The Morgan fingerprint density at radius 2 is 2.17 bits per heavy atom. The summed E-state index contributed by atoms with van der Waals surface area (Å²) in [5.74, 6) is -0.931. The van der Waals surface area contributed by atoms with Crippen molar-refractivity contribution in [2.24, 2.45) is 5.14 Å². The van der Waals surface area contributed by atoms with Gasteiger partial charge in [0.25, 0.3) is 0 Å². The molecule has 0 fully saturated rings. The average Bonchev–Trinajstić information content (AvgIpc) is 2.38. The van der Waals surface area contributed by atoms with Gasteiger partial charge in [0.05, 0.1) is 5.56 Å². The molecule has 1 rings (SSSR count). The maximum Gasteiger partial charge on any atom is 0.335 e. The standard InChI is InChI=1S/C13H20N2O2S/c1-2-3-4-5-8-15-11-7-6-10(13(16)17)9-12(11)18-14/h6-7,9,15H,2-5,8,14H2,1H3,(H,16,17). The summed E-state index contributed by atoms with van der Waals surface area (Å²) in [7, 11) is 0. The van der Waals surface area contributed by atoms with Gasteiger partial charge in [-0.2, -0.15) is 0 Å². The van der Waals surface area contributed by atoms with E-state index in [1.165, 1.54) is 19.3 Å². The van der Waals surface area contributed by atoms with Gasteiger partial charge in [-0.25, -0.2) is 4.79 Å². The Hall–Kier alpha value is -1.20. The van der Waals surface area contributed by atoms with Gasteiger partial charge in [-0.1, -0.05) is 26.2 Å². The molecule has 0 spiro atoms. The summed E-state index contributed by atoms with van der Waals surface area (Å²) in [6.07, 6.45) is 4.79. The number of hydrogen-bond donors (Lipinski definition) is 3. The van der Waals surface area contributed by atoms with Crippen LogP contribution in [0.2, 0.25) is 0 Å². The second-order valence-corrected chi connectivity index (χ2v) is 4.80. The minimum absolute atomic E-state index is 0.263. The molecule has 0 aliphatic carbocycles. The van der Waals surface area contributed by atoms with Crippen molar-refractivity contribution < 1.29 is 9.90 Å². The quantitative estimate of drug-likeness (QED) is 0.498. The molecule has 1 aromatic carbocycles. The summed E-state index contributed by atoms with van der Waals surface area (Å²) in [4.78, 5) is 11.6. The van der Waals surface area contributed by atoms with E-state index in [2.05, 4.69) is 12.2 Å². The minimum Gasteiger partial charge on any atom is -0.478 e. The van der Waals surface area contributed by atoms with E-state index in [0.717, 1.165) is 35.5 Å². The van der Waals surface area contributed by atoms with Crippen LogP contribution >= 0.6 is 11.9 Å². The third-order valence-electron chi connectivity index (χ3n) is 2.70. The SMILES string of the molecule is CCCCCCNc1ccc(C(=O)O)cc1SN. The fourth-order valence-electron chi connectivity index (χ4n) is 1.67. The van der Waals surface area contributed by atoms with E-state index in [9.17, 15) is 4.79 Å². The molecule has 1 aromatic rings. The van der Waals surface area contributed by atoms with Crippen molar-refractivity contribution in [1.82, 2.24) is 0 Å². The lowest BCUT2D eigenvalue weighted by Crippen LogP contribution is -2.05. The third kappa shape index (κ3) is 4.58. The van der Waals surface area contributed by atoms with Crippen LogP contribution in [0.1, 0.15) is 43.0 Å². The largest absolute Gasteiger partial charge is 0.478 e. The molecule has 0 aliphatic heterocycles. The summed E-state index contributed by atoms with van der Waals surface area (Å²) < 4.78 is 0. The molecule has 18 heavy (non-hydrogen) atoms. The molecule has 100 valence electrons. The Labute approximate surface area is 112 Å². The van der Waals surface area contributed by atoms with E-state index < -0.39 is 5.97 Å². The summed E-state index contributed by atoms with van der Waals surface area (Å²) in [5, 5.41) is 17.7. The minimum atomic E-state index is -0.931. The molecular weight excluding hydrogens is 248 g/mol. The molecule has 0 heterocycles. The molecule has 0 aliphatic rings. The molecular formula is C13H20N2O2S. The van der Waals surface area contributed by atoms with E-state index in [-0.39, 0.29) is 5.56 Å². The third-order valence-corrected chi connectivity index (χ3v) is 3.29. The number of carbonyl (C=O) groups is 1. The smallest absolute Gasteiger partial charge is 0.335 e. The zero-order chi connectivity index (χ0) is 13.4. The van der Waals surface area contributed by atoms with E-state index in [0.29, 0.717) is 0 Å². The van der Waals surface area contributed by atoms with Crippen molar-refractivity contribution in [1.29, 1.82) is 0 Å². The summed E-state index contributed by atoms with van der Waals surface area (Å²) in [6.45, 7) is 3.07. The van der Waals surface area contributed by atoms with Crippen LogP contribution in [0.4, 0.5) is 5.69 Å². The van der Waals surface area contributed by atoms with Crippen molar-refractivity contribution in [3.8, 4) is 0 Å². The predicted molar refractivity (Wildman–Crippen MR) is 76.1 cm³/mol. The van der Waals surface area contributed by atoms with Gasteiger partial charge in [-0.3, -0.25) is 5.14 Å². The fourth-order valence-corrected chi connectivity index (χ4v) is 2.14. The molecule has 5 heteroatoms. The summed E-state index contributed by atoms with van der Waals surface area (Å²) in [6, 6.07) is 4.97. The van der Waals surface area contributed by atoms with Crippen LogP contribution in [-0.2, 0) is 0 Å². The zero-order valence-electron chi connectivity index (χ0n) is 10.6. The van der Waals surface area contributed by atoms with Gasteiger partial charge >= 0.3 is 5.97 Å². The second-order valence-electron chi connectivity index (χ2n) is 4.12. The monoisotopic (exact) mass is 268 g/mol. The van der Waals surface area contributed by atoms with Crippen LogP contribution in [0.3, 0.4) is 0 Å². The first-order valence-corrected chi connectivity index (χ1v) is 7.05. The van der Waals surface area contributed by atoms with Crippen LogP contribution in [0, 0.1) is 0 Å². The van der Waals surface area contributed by atoms with Gasteiger partial charge in [0, 0.05) is 17.1 Å². The van der Waals surface area contributed by atoms with Gasteiger partial charge in [0.2, 0.25) is 0 Å². The number of nitrogens with two attached hydrogens (primary N) is 1. The lowest BCUT2D eigenvalue weighted by molar-refractivity contribution is 0.0696. The lowest BCUT2D eigenvalue weighted by atomic mass is 10.2. The number of hydrogen-bond acceptors (Lipinski definition) is 4. The van der Waals surface area contributed by atoms with Crippen LogP contribution < -0.4 is 10.5 Å². The van der Waals surface area contributed by atoms with Crippen molar-refractivity contribution >= 4 is 23.6 Å². The van der Waals surface area contributed by atoms with Gasteiger partial charge < -0.3 is 10.4 Å². The number of anilines is 1. The molecule has 0 amide bonds. The summed E-state index contributed by atoms with van der Waals surface area (Å²) >= 11 is 1.07. The Balaban J connectivity index is 2.57. The van der Waals surface area contributed by atoms with E-state index >= 15 is 0 Å². The number of carboxylic acid groups (broad SMARTS) is 1. The highest BCUT2D eigenvalue weighted by Crippen LogP contribution is 2.25. The van der Waals surface area contributed by atoms with Crippen LogP contribution in [0.5, 0.6) is 0 Å². The maximum atomic E-state index is 10.8. The topological polar surface area (TPSA) is 75.3 Å². The fraction of sp³-hybridized carbons (Fsp3) is 0.462. The van der Waals surface area contributed by atoms with Crippen molar-refractivity contribution in [2.45, 2.75) is 37.5 Å². The lowest BCUT2D eigenvalue weighted by Gasteiger charge is -2.10. The number of unbranched alkanes of at least 4 members (excludes halogenated alkanes) is 3. The van der Waals surface area contributed by atoms with Gasteiger partial charge in [0.1, 0.15) is 0 Å². The van der Waals surface area contributed by atoms with E-state index in [1.807, 2.05) is 0 Å². The number of rotatable bonds is 8. The van der Waals surface area contributed by atoms with Crippen molar-refractivity contribution in [2.75, 3.05) is 11.9 Å². The van der Waals surface area contributed by atoms with Crippen molar-refractivity contribution in [3.05, 3.63) is 23.8 Å². The van der Waals surface area contributed by atoms with Crippen LogP contribution in [-0.4, -0.2) is 17.6 Å². The van der Waals surface area contributed by atoms with Crippen LogP contribution in [0.15, 0.2) is 23.1 Å². The molecule has 0 unspecified atom stereocenters. The van der Waals surface area contributed by atoms with E-state index in [4.69, 9.17) is 10.2 Å². The molecule has 0 aromatic heterocycles. The first kappa shape index (κ1) is 14.9. The number of nitrogens with one attached hydrogen (secondary N) is 1. The average molecular weight is 268 g/mol. The van der Waals surface area contributed by atoms with Gasteiger partial charge in [0.15, 0.2) is 0 Å². The molecule has 0 atom stereocenters. The number of carboxylic acids is 1.